The lowest BCUT2D eigenvalue weighted by Crippen LogP contribution is -2.53. The van der Waals surface area contributed by atoms with Crippen molar-refractivity contribution in [2.24, 2.45) is 0 Å². The van der Waals surface area contributed by atoms with Gasteiger partial charge in [-0.3, -0.25) is 0 Å². The fraction of sp³-hybridized carbons (Fsp3) is 0.750. The number of halogens is 3. The quantitative estimate of drug-likeness (QED) is 0.583. The Morgan fingerprint density at radius 1 is 1.36 bits per heavy atom. The normalized spacial score (nSPS) is 17.5. The maximum Gasteiger partial charge on any atom is 0.342 e. The standard InChI is InChI=1S/C4H5Cl3O4/c5-4(6,7)3(11,1-8)2(9)10/h8,11H,1H2,(H,9,10). The second kappa shape index (κ2) is 3.33. The first-order valence-electron chi connectivity index (χ1n) is 2.39. The molecule has 1 atom stereocenters. The van der Waals surface area contributed by atoms with Gasteiger partial charge >= 0.3 is 5.97 Å². The van der Waals surface area contributed by atoms with E-state index in [9.17, 15) is 4.79 Å². The molecule has 0 aromatic heterocycles. The summed E-state index contributed by atoms with van der Waals surface area (Å²) in [5, 5.41) is 25.7. The van der Waals surface area contributed by atoms with Gasteiger partial charge in [-0.2, -0.15) is 0 Å². The molecule has 0 radical (unpaired) electrons. The van der Waals surface area contributed by atoms with E-state index in [4.69, 9.17) is 50.1 Å². The molecule has 0 aliphatic heterocycles. The maximum absolute atomic E-state index is 10.2. The van der Waals surface area contributed by atoms with Gasteiger partial charge in [0.05, 0.1) is 6.61 Å². The summed E-state index contributed by atoms with van der Waals surface area (Å²) in [6.45, 7) is -1.17. The van der Waals surface area contributed by atoms with Crippen molar-refractivity contribution >= 4 is 40.8 Å². The van der Waals surface area contributed by atoms with Gasteiger partial charge in [0.15, 0.2) is 0 Å². The molecular formula is C4H5Cl3O4. The summed E-state index contributed by atoms with van der Waals surface area (Å²) in [5.41, 5.74) is -2.75. The number of hydrogen-bond acceptors (Lipinski definition) is 3. The molecule has 3 N–H and O–H groups in total. The summed E-state index contributed by atoms with van der Waals surface area (Å²) < 4.78 is -2.45. The molecule has 0 aromatic carbocycles. The average Bonchev–Trinajstić information content (AvgIpc) is 1.83. The van der Waals surface area contributed by atoms with Crippen LogP contribution in [0.3, 0.4) is 0 Å². The van der Waals surface area contributed by atoms with Crippen LogP contribution in [-0.2, 0) is 4.79 Å². The zero-order valence-electron chi connectivity index (χ0n) is 5.09. The molecule has 4 nitrogen and oxygen atoms in total. The number of carboxylic acids is 1. The van der Waals surface area contributed by atoms with Gasteiger partial charge in [0.25, 0.3) is 0 Å². The van der Waals surface area contributed by atoms with Crippen LogP contribution in [0.2, 0.25) is 0 Å². The number of hydrogen-bond donors (Lipinski definition) is 3. The number of rotatable bonds is 2. The van der Waals surface area contributed by atoms with Crippen molar-refractivity contribution in [1.82, 2.24) is 0 Å². The van der Waals surface area contributed by atoms with Crippen LogP contribution in [-0.4, -0.2) is 37.3 Å². The van der Waals surface area contributed by atoms with Gasteiger partial charge in [-0.25, -0.2) is 4.79 Å². The van der Waals surface area contributed by atoms with E-state index in [0.29, 0.717) is 0 Å². The third-order valence-electron chi connectivity index (χ3n) is 1.05. The largest absolute Gasteiger partial charge is 0.479 e. The third kappa shape index (κ3) is 2.10. The van der Waals surface area contributed by atoms with Crippen molar-refractivity contribution in [2.75, 3.05) is 6.61 Å². The van der Waals surface area contributed by atoms with Gasteiger partial charge in [-0.05, 0) is 0 Å². The van der Waals surface area contributed by atoms with Gasteiger partial charge in [0.2, 0.25) is 9.39 Å². The molecule has 0 aromatic rings. The number of aliphatic carboxylic acids is 1. The molecule has 1 unspecified atom stereocenters. The van der Waals surface area contributed by atoms with Crippen LogP contribution in [0.5, 0.6) is 0 Å². The lowest BCUT2D eigenvalue weighted by atomic mass is 10.1. The molecule has 7 heteroatoms. The topological polar surface area (TPSA) is 77.8 Å². The highest BCUT2D eigenvalue weighted by molar-refractivity contribution is 6.69. The summed E-state index contributed by atoms with van der Waals surface area (Å²) >= 11 is 15.2. The van der Waals surface area contributed by atoms with E-state index < -0.39 is 22.0 Å². The van der Waals surface area contributed by atoms with Gasteiger partial charge < -0.3 is 15.3 Å². The van der Waals surface area contributed by atoms with Crippen LogP contribution in [0.4, 0.5) is 0 Å². The van der Waals surface area contributed by atoms with Crippen molar-refractivity contribution < 1.29 is 20.1 Å². The molecule has 0 rings (SSSR count). The second-order valence-corrected chi connectivity index (χ2v) is 4.10. The first-order valence-corrected chi connectivity index (χ1v) is 3.52. The Morgan fingerprint density at radius 2 is 1.73 bits per heavy atom. The van der Waals surface area contributed by atoms with E-state index in [1.54, 1.807) is 0 Å². The second-order valence-electron chi connectivity index (χ2n) is 1.82. The minimum atomic E-state index is -2.75. The number of aliphatic hydroxyl groups is 2. The van der Waals surface area contributed by atoms with Crippen LogP contribution < -0.4 is 0 Å². The van der Waals surface area contributed by atoms with E-state index >= 15 is 0 Å². The first-order chi connectivity index (χ1) is 4.75. The van der Waals surface area contributed by atoms with Crippen LogP contribution in [0, 0.1) is 0 Å². The summed E-state index contributed by atoms with van der Waals surface area (Å²) in [7, 11) is 0. The van der Waals surface area contributed by atoms with Crippen molar-refractivity contribution in [3.05, 3.63) is 0 Å². The lowest BCUT2D eigenvalue weighted by Gasteiger charge is -2.27. The lowest BCUT2D eigenvalue weighted by molar-refractivity contribution is -0.162. The number of alkyl halides is 3. The van der Waals surface area contributed by atoms with E-state index in [0.717, 1.165) is 0 Å². The Bertz CT molecular complexity index is 165. The molecule has 0 heterocycles. The number of aliphatic hydroxyl groups excluding tert-OH is 1. The molecule has 66 valence electrons. The molecular weight excluding hydrogens is 218 g/mol. The zero-order chi connectivity index (χ0) is 9.28. The fourth-order valence-corrected chi connectivity index (χ4v) is 0.700. The molecule has 0 saturated carbocycles. The van der Waals surface area contributed by atoms with Crippen LogP contribution in [0.25, 0.3) is 0 Å². The molecule has 0 bridgehead atoms. The van der Waals surface area contributed by atoms with Crippen LogP contribution >= 0.6 is 34.8 Å². The SMILES string of the molecule is O=C(O)C(O)(CO)C(Cl)(Cl)Cl. The molecule has 0 aliphatic rings. The Kier molecular flexibility index (Phi) is 3.41. The van der Waals surface area contributed by atoms with Crippen LogP contribution in [0.1, 0.15) is 0 Å². The summed E-state index contributed by atoms with van der Waals surface area (Å²) in [6, 6.07) is 0. The molecule has 0 aliphatic carbocycles. The van der Waals surface area contributed by atoms with Crippen molar-refractivity contribution in [2.45, 2.75) is 9.39 Å². The van der Waals surface area contributed by atoms with E-state index in [1.807, 2.05) is 0 Å². The Morgan fingerprint density at radius 3 is 1.73 bits per heavy atom. The van der Waals surface area contributed by atoms with Gasteiger partial charge in [0, 0.05) is 0 Å². The van der Waals surface area contributed by atoms with Crippen molar-refractivity contribution in [3.8, 4) is 0 Å². The summed E-state index contributed by atoms with van der Waals surface area (Å²) in [4.78, 5) is 10.2. The number of carbonyl (C=O) groups is 1. The predicted octanol–water partition coefficient (Wildman–Crippen LogP) is 0.165. The Balaban J connectivity index is 4.75. The molecule has 0 amide bonds. The smallest absolute Gasteiger partial charge is 0.342 e. The van der Waals surface area contributed by atoms with Gasteiger partial charge in [-0.1, -0.05) is 34.8 Å². The average molecular weight is 223 g/mol. The molecule has 11 heavy (non-hydrogen) atoms. The highest BCUT2D eigenvalue weighted by Gasteiger charge is 2.53. The zero-order valence-corrected chi connectivity index (χ0v) is 7.36. The molecule has 0 spiro atoms. The summed E-state index contributed by atoms with van der Waals surface area (Å²) in [6.07, 6.45) is 0. The molecule has 0 fully saturated rings. The first kappa shape index (κ1) is 11.3. The van der Waals surface area contributed by atoms with E-state index in [2.05, 4.69) is 0 Å². The van der Waals surface area contributed by atoms with Gasteiger partial charge in [-0.15, -0.1) is 0 Å². The summed E-state index contributed by atoms with van der Waals surface area (Å²) in [5.74, 6) is -1.79. The van der Waals surface area contributed by atoms with Gasteiger partial charge in [0.1, 0.15) is 0 Å². The third-order valence-corrected chi connectivity index (χ3v) is 1.99. The minimum absolute atomic E-state index is 1.17. The highest BCUT2D eigenvalue weighted by Crippen LogP contribution is 2.38. The highest BCUT2D eigenvalue weighted by atomic mass is 35.6. The van der Waals surface area contributed by atoms with Crippen LogP contribution in [0.15, 0.2) is 0 Å². The minimum Gasteiger partial charge on any atom is -0.479 e. The Hall–Kier alpha value is 0.260. The van der Waals surface area contributed by atoms with Crippen molar-refractivity contribution in [3.63, 3.8) is 0 Å². The predicted molar refractivity (Wildman–Crippen MR) is 40.0 cm³/mol. The Labute approximate surface area is 77.3 Å². The number of carboxylic acid groups (broad SMARTS) is 1. The monoisotopic (exact) mass is 222 g/mol. The molecule has 0 saturated heterocycles. The maximum atomic E-state index is 10.2. The van der Waals surface area contributed by atoms with E-state index in [1.165, 1.54) is 0 Å². The van der Waals surface area contributed by atoms with Crippen molar-refractivity contribution in [1.29, 1.82) is 0 Å². The van der Waals surface area contributed by atoms with E-state index in [-0.39, 0.29) is 0 Å². The fourth-order valence-electron chi connectivity index (χ4n) is 0.279.